The Hall–Kier alpha value is -2.34. The van der Waals surface area contributed by atoms with Gasteiger partial charge in [0.1, 0.15) is 11.6 Å². The fourth-order valence-corrected chi connectivity index (χ4v) is 3.41. The molecule has 1 aliphatic heterocycles. The molecule has 23 heavy (non-hydrogen) atoms. The third-order valence-electron chi connectivity index (χ3n) is 4.48. The normalized spacial score (nSPS) is 19.4. The van der Waals surface area contributed by atoms with Crippen molar-refractivity contribution in [3.63, 3.8) is 0 Å². The second-order valence-electron chi connectivity index (χ2n) is 6.32. The summed E-state index contributed by atoms with van der Waals surface area (Å²) in [5.74, 6) is 2.07. The molecule has 0 unspecified atom stereocenters. The molecule has 0 amide bonds. The Morgan fingerprint density at radius 3 is 3.13 bits per heavy atom. The zero-order chi connectivity index (χ0) is 15.8. The summed E-state index contributed by atoms with van der Waals surface area (Å²) >= 11 is 0. The molecule has 6 nitrogen and oxygen atoms in total. The summed E-state index contributed by atoms with van der Waals surface area (Å²) in [6.07, 6.45) is 4.04. The van der Waals surface area contributed by atoms with Crippen LogP contribution in [0.2, 0.25) is 0 Å². The third-order valence-corrected chi connectivity index (χ3v) is 4.48. The molecule has 0 aromatic carbocycles. The van der Waals surface area contributed by atoms with E-state index in [-0.39, 0.29) is 0 Å². The van der Waals surface area contributed by atoms with Crippen LogP contribution in [-0.4, -0.2) is 32.6 Å². The van der Waals surface area contributed by atoms with Crippen LogP contribution in [0.15, 0.2) is 34.9 Å². The topological polar surface area (TPSA) is 72.6 Å². The molecule has 2 N–H and O–H groups in total. The van der Waals surface area contributed by atoms with E-state index in [9.17, 15) is 0 Å². The quantitative estimate of drug-likeness (QED) is 0.805. The molecule has 1 atom stereocenters. The first-order valence-corrected chi connectivity index (χ1v) is 8.06. The molecule has 0 radical (unpaired) electrons. The van der Waals surface area contributed by atoms with E-state index in [0.29, 0.717) is 11.7 Å². The maximum atomic E-state index is 6.15. The Morgan fingerprint density at radius 2 is 2.30 bits per heavy atom. The Bertz CT molecular complexity index is 808. The van der Waals surface area contributed by atoms with Gasteiger partial charge in [-0.25, -0.2) is 4.98 Å². The first kappa shape index (κ1) is 14.3. The molecule has 6 heteroatoms. The zero-order valence-electron chi connectivity index (χ0n) is 13.3. The van der Waals surface area contributed by atoms with Crippen molar-refractivity contribution in [1.82, 2.24) is 19.5 Å². The van der Waals surface area contributed by atoms with E-state index in [1.165, 1.54) is 0 Å². The number of aromatic nitrogens is 3. The highest BCUT2D eigenvalue weighted by Gasteiger charge is 2.24. The molecule has 4 heterocycles. The van der Waals surface area contributed by atoms with Gasteiger partial charge in [-0.2, -0.15) is 9.61 Å². The van der Waals surface area contributed by atoms with Gasteiger partial charge in [0.05, 0.1) is 24.2 Å². The lowest BCUT2D eigenvalue weighted by Crippen LogP contribution is -2.34. The lowest BCUT2D eigenvalue weighted by Gasteiger charge is -2.31. The van der Waals surface area contributed by atoms with Crippen LogP contribution in [0.3, 0.4) is 0 Å². The summed E-state index contributed by atoms with van der Waals surface area (Å²) in [7, 11) is 0. The van der Waals surface area contributed by atoms with Crippen molar-refractivity contribution in [2.24, 2.45) is 0 Å². The number of anilines is 1. The van der Waals surface area contributed by atoms with Crippen molar-refractivity contribution in [2.45, 2.75) is 32.2 Å². The fraction of sp³-hybridized carbons (Fsp3) is 0.412. The van der Waals surface area contributed by atoms with Crippen molar-refractivity contribution < 1.29 is 4.42 Å². The van der Waals surface area contributed by atoms with Gasteiger partial charge in [0.25, 0.3) is 0 Å². The highest BCUT2D eigenvalue weighted by molar-refractivity contribution is 5.48. The van der Waals surface area contributed by atoms with Crippen LogP contribution in [-0.2, 0) is 6.54 Å². The van der Waals surface area contributed by atoms with Crippen LogP contribution in [0.4, 0.5) is 5.82 Å². The molecule has 1 fully saturated rings. The van der Waals surface area contributed by atoms with E-state index in [4.69, 9.17) is 15.1 Å². The standard InChI is InChI=1S/C17H21N5O/c1-12-8-17-19-15(9-16(18)22(17)20-12)13-4-2-6-21(10-13)11-14-5-3-7-23-14/h3,5,7-9,13H,2,4,6,10-11,18H2,1H3/t13-/m0/s1. The van der Waals surface area contributed by atoms with Gasteiger partial charge in [0, 0.05) is 24.6 Å². The molecule has 0 aliphatic carbocycles. The first-order chi connectivity index (χ1) is 11.2. The van der Waals surface area contributed by atoms with Crippen LogP contribution >= 0.6 is 0 Å². The van der Waals surface area contributed by atoms with E-state index in [1.807, 2.05) is 31.2 Å². The SMILES string of the molecule is Cc1cc2nc([C@H]3CCCN(Cc4ccco4)C3)cc(N)n2n1. The Labute approximate surface area is 134 Å². The van der Waals surface area contributed by atoms with Crippen molar-refractivity contribution in [1.29, 1.82) is 0 Å². The second kappa shape index (κ2) is 5.70. The average molecular weight is 311 g/mol. The van der Waals surface area contributed by atoms with Crippen LogP contribution in [0.1, 0.15) is 35.9 Å². The number of hydrogen-bond donors (Lipinski definition) is 1. The van der Waals surface area contributed by atoms with Gasteiger partial charge in [-0.3, -0.25) is 4.90 Å². The molecular weight excluding hydrogens is 290 g/mol. The number of aryl methyl sites for hydroxylation is 1. The maximum Gasteiger partial charge on any atom is 0.157 e. The number of nitrogens with two attached hydrogens (primary N) is 1. The lowest BCUT2D eigenvalue weighted by atomic mass is 9.94. The second-order valence-corrected chi connectivity index (χ2v) is 6.32. The van der Waals surface area contributed by atoms with Crippen molar-refractivity contribution >= 4 is 11.5 Å². The van der Waals surface area contributed by atoms with Gasteiger partial charge >= 0.3 is 0 Å². The van der Waals surface area contributed by atoms with Crippen LogP contribution in [0.5, 0.6) is 0 Å². The third kappa shape index (κ3) is 2.82. The molecule has 4 rings (SSSR count). The molecule has 0 spiro atoms. The highest BCUT2D eigenvalue weighted by atomic mass is 16.3. The molecule has 3 aromatic heterocycles. The van der Waals surface area contributed by atoms with Gasteiger partial charge in [-0.15, -0.1) is 0 Å². The predicted octanol–water partition coefficient (Wildman–Crippen LogP) is 2.59. The van der Waals surface area contributed by atoms with Gasteiger partial charge in [-0.05, 0) is 38.4 Å². The number of nitrogens with zero attached hydrogens (tertiary/aromatic N) is 4. The van der Waals surface area contributed by atoms with E-state index in [2.05, 4.69) is 10.00 Å². The molecule has 1 aliphatic rings. The van der Waals surface area contributed by atoms with Crippen LogP contribution in [0, 0.1) is 6.92 Å². The number of nitrogen functional groups attached to an aromatic ring is 1. The number of hydrogen-bond acceptors (Lipinski definition) is 5. The Kier molecular flexibility index (Phi) is 3.53. The number of furan rings is 1. The monoisotopic (exact) mass is 311 g/mol. The zero-order valence-corrected chi connectivity index (χ0v) is 13.3. The van der Waals surface area contributed by atoms with E-state index in [1.54, 1.807) is 10.8 Å². The molecule has 1 saturated heterocycles. The molecule has 0 bridgehead atoms. The van der Waals surface area contributed by atoms with Gasteiger partial charge in [-0.1, -0.05) is 0 Å². The van der Waals surface area contributed by atoms with Gasteiger partial charge < -0.3 is 10.2 Å². The van der Waals surface area contributed by atoms with Crippen LogP contribution < -0.4 is 5.73 Å². The first-order valence-electron chi connectivity index (χ1n) is 8.06. The van der Waals surface area contributed by atoms with Gasteiger partial charge in [0.2, 0.25) is 0 Å². The fourth-order valence-electron chi connectivity index (χ4n) is 3.41. The summed E-state index contributed by atoms with van der Waals surface area (Å²) in [5, 5.41) is 4.37. The summed E-state index contributed by atoms with van der Waals surface area (Å²) in [6, 6.07) is 7.92. The van der Waals surface area contributed by atoms with Crippen LogP contribution in [0.25, 0.3) is 5.65 Å². The number of likely N-dealkylation sites (tertiary alicyclic amines) is 1. The molecule has 3 aromatic rings. The summed E-state index contributed by atoms with van der Waals surface area (Å²) in [6.45, 7) is 4.89. The van der Waals surface area contributed by atoms with Crippen molar-refractivity contribution in [3.8, 4) is 0 Å². The van der Waals surface area contributed by atoms with Crippen molar-refractivity contribution in [2.75, 3.05) is 18.8 Å². The molecule has 120 valence electrons. The minimum atomic E-state index is 0.404. The Balaban J connectivity index is 1.57. The van der Waals surface area contributed by atoms with E-state index >= 15 is 0 Å². The predicted molar refractivity (Wildman–Crippen MR) is 88.1 cm³/mol. The van der Waals surface area contributed by atoms with Gasteiger partial charge in [0.15, 0.2) is 5.65 Å². The largest absolute Gasteiger partial charge is 0.468 e. The number of rotatable bonds is 3. The minimum Gasteiger partial charge on any atom is -0.468 e. The summed E-state index contributed by atoms with van der Waals surface area (Å²) in [4.78, 5) is 7.21. The smallest absolute Gasteiger partial charge is 0.157 e. The molecular formula is C17H21N5O. The molecule has 0 saturated carbocycles. The highest BCUT2D eigenvalue weighted by Crippen LogP contribution is 2.28. The van der Waals surface area contributed by atoms with Crippen molar-refractivity contribution in [3.05, 3.63) is 47.7 Å². The summed E-state index contributed by atoms with van der Waals surface area (Å²) < 4.78 is 7.18. The summed E-state index contributed by atoms with van der Waals surface area (Å²) in [5.41, 5.74) is 8.99. The average Bonchev–Trinajstić information content (AvgIpc) is 3.16. The lowest BCUT2D eigenvalue weighted by molar-refractivity contribution is 0.185. The number of piperidine rings is 1. The minimum absolute atomic E-state index is 0.404. The number of fused-ring (bicyclic) bond motifs is 1. The van der Waals surface area contributed by atoms with E-state index in [0.717, 1.165) is 55.3 Å². The maximum absolute atomic E-state index is 6.15. The Morgan fingerprint density at radius 1 is 1.39 bits per heavy atom. The van der Waals surface area contributed by atoms with E-state index < -0.39 is 0 Å².